The van der Waals surface area contributed by atoms with Crippen molar-refractivity contribution < 1.29 is 0 Å². The van der Waals surface area contributed by atoms with Crippen LogP contribution >= 0.6 is 0 Å². The summed E-state index contributed by atoms with van der Waals surface area (Å²) >= 11 is 0. The molecule has 0 saturated carbocycles. The highest BCUT2D eigenvalue weighted by Crippen LogP contribution is 2.24. The van der Waals surface area contributed by atoms with Crippen LogP contribution in [0.1, 0.15) is 18.2 Å². The van der Waals surface area contributed by atoms with Gasteiger partial charge in [0.1, 0.15) is 0 Å². The van der Waals surface area contributed by atoms with E-state index in [9.17, 15) is 0 Å². The van der Waals surface area contributed by atoms with Gasteiger partial charge in [-0.2, -0.15) is 5.10 Å². The van der Waals surface area contributed by atoms with Crippen LogP contribution in [0.4, 0.5) is 0 Å². The second-order valence-corrected chi connectivity index (χ2v) is 6.10. The molecule has 3 rings (SSSR count). The van der Waals surface area contributed by atoms with Gasteiger partial charge in [-0.15, -0.1) is 0 Å². The predicted molar refractivity (Wildman–Crippen MR) is 85.1 cm³/mol. The minimum atomic E-state index is 0.0476. The molecule has 1 aliphatic rings. The van der Waals surface area contributed by atoms with Gasteiger partial charge in [-0.25, -0.2) is 0 Å². The van der Waals surface area contributed by atoms with E-state index >= 15 is 0 Å². The van der Waals surface area contributed by atoms with Crippen LogP contribution in [0.3, 0.4) is 0 Å². The van der Waals surface area contributed by atoms with Gasteiger partial charge in [0.25, 0.3) is 0 Å². The fraction of sp³-hybridized carbons (Fsp3) is 0.471. The minimum absolute atomic E-state index is 0.0476. The Morgan fingerprint density at radius 1 is 1.24 bits per heavy atom. The molecular weight excluding hydrogens is 260 g/mol. The summed E-state index contributed by atoms with van der Waals surface area (Å²) in [7, 11) is 2.02. The lowest BCUT2D eigenvalue weighted by molar-refractivity contribution is 0.143. The highest BCUT2D eigenvalue weighted by Gasteiger charge is 2.31. The van der Waals surface area contributed by atoms with E-state index in [0.29, 0.717) is 0 Å². The lowest BCUT2D eigenvalue weighted by atomic mass is 9.89. The maximum absolute atomic E-state index is 4.24. The van der Waals surface area contributed by atoms with Crippen molar-refractivity contribution in [3.8, 4) is 0 Å². The Labute approximate surface area is 126 Å². The molecule has 1 fully saturated rings. The number of hydrogen-bond donors (Lipinski definition) is 1. The summed E-state index contributed by atoms with van der Waals surface area (Å²) in [5, 5.41) is 7.93. The fourth-order valence-corrected chi connectivity index (χ4v) is 3.18. The first-order valence-corrected chi connectivity index (χ1v) is 7.67. The van der Waals surface area contributed by atoms with E-state index in [1.54, 1.807) is 0 Å². The van der Waals surface area contributed by atoms with Crippen molar-refractivity contribution in [2.75, 3.05) is 26.2 Å². The summed E-state index contributed by atoms with van der Waals surface area (Å²) in [6.07, 6.45) is 2.93. The van der Waals surface area contributed by atoms with Crippen molar-refractivity contribution in [3.63, 3.8) is 0 Å². The van der Waals surface area contributed by atoms with Crippen molar-refractivity contribution in [3.05, 3.63) is 53.9 Å². The molecule has 1 aromatic heterocycles. The van der Waals surface area contributed by atoms with Gasteiger partial charge in [-0.3, -0.25) is 9.58 Å². The van der Waals surface area contributed by atoms with Gasteiger partial charge in [0.05, 0.1) is 5.54 Å². The number of hydrogen-bond acceptors (Lipinski definition) is 3. The molecule has 2 aromatic rings. The molecule has 0 amide bonds. The summed E-state index contributed by atoms with van der Waals surface area (Å²) in [6.45, 7) is 6.59. The number of rotatable bonds is 4. The molecule has 1 aliphatic heterocycles. The smallest absolute Gasteiger partial charge is 0.0535 e. The van der Waals surface area contributed by atoms with E-state index in [4.69, 9.17) is 0 Å². The van der Waals surface area contributed by atoms with Crippen molar-refractivity contribution in [1.82, 2.24) is 20.0 Å². The number of piperazine rings is 1. The van der Waals surface area contributed by atoms with Gasteiger partial charge in [-0.1, -0.05) is 30.3 Å². The third kappa shape index (κ3) is 3.17. The molecule has 1 unspecified atom stereocenters. The van der Waals surface area contributed by atoms with Gasteiger partial charge in [-0.05, 0) is 18.6 Å². The van der Waals surface area contributed by atoms with Crippen LogP contribution in [0.5, 0.6) is 0 Å². The van der Waals surface area contributed by atoms with Gasteiger partial charge >= 0.3 is 0 Å². The van der Waals surface area contributed by atoms with Crippen molar-refractivity contribution >= 4 is 0 Å². The maximum Gasteiger partial charge on any atom is 0.0535 e. The quantitative estimate of drug-likeness (QED) is 0.929. The van der Waals surface area contributed by atoms with Crippen LogP contribution in [0, 0.1) is 0 Å². The minimum Gasteiger partial charge on any atom is -0.305 e. The molecule has 21 heavy (non-hydrogen) atoms. The summed E-state index contributed by atoms with van der Waals surface area (Å²) in [6, 6.07) is 12.9. The van der Waals surface area contributed by atoms with Gasteiger partial charge < -0.3 is 5.32 Å². The van der Waals surface area contributed by atoms with Crippen LogP contribution in [-0.4, -0.2) is 40.9 Å². The number of nitrogens with zero attached hydrogens (tertiary/aromatic N) is 3. The molecule has 0 radical (unpaired) electrons. The zero-order valence-electron chi connectivity index (χ0n) is 12.9. The molecule has 4 nitrogen and oxygen atoms in total. The Morgan fingerprint density at radius 3 is 2.76 bits per heavy atom. The van der Waals surface area contributed by atoms with Crippen LogP contribution in [0.15, 0.2) is 42.6 Å². The molecular formula is C17H24N4. The Kier molecular flexibility index (Phi) is 4.08. The van der Waals surface area contributed by atoms with Crippen molar-refractivity contribution in [2.45, 2.75) is 18.9 Å². The largest absolute Gasteiger partial charge is 0.305 e. The van der Waals surface area contributed by atoms with Crippen molar-refractivity contribution in [1.29, 1.82) is 0 Å². The van der Waals surface area contributed by atoms with Crippen LogP contribution in [-0.2, 0) is 19.0 Å². The predicted octanol–water partition coefficient (Wildman–Crippen LogP) is 1.78. The Balaban J connectivity index is 1.64. The summed E-state index contributed by atoms with van der Waals surface area (Å²) < 4.78 is 1.97. The summed E-state index contributed by atoms with van der Waals surface area (Å²) in [5.41, 5.74) is 2.72. The molecule has 0 bridgehead atoms. The Morgan fingerprint density at radius 2 is 2.05 bits per heavy atom. The SMILES string of the molecule is Cn1nccc1CCN1CCNC(C)(c2ccccc2)C1. The third-order valence-electron chi connectivity index (χ3n) is 4.50. The number of benzene rings is 1. The summed E-state index contributed by atoms with van der Waals surface area (Å²) in [5.74, 6) is 0. The van der Waals surface area contributed by atoms with E-state index < -0.39 is 0 Å². The number of aryl methyl sites for hydroxylation is 1. The Hall–Kier alpha value is -1.65. The van der Waals surface area contributed by atoms with Crippen LogP contribution in [0.2, 0.25) is 0 Å². The maximum atomic E-state index is 4.24. The molecule has 0 spiro atoms. The average molecular weight is 284 g/mol. The molecule has 112 valence electrons. The second-order valence-electron chi connectivity index (χ2n) is 6.10. The highest BCUT2D eigenvalue weighted by molar-refractivity contribution is 5.24. The molecule has 1 N–H and O–H groups in total. The third-order valence-corrected chi connectivity index (χ3v) is 4.50. The standard InChI is InChI=1S/C17H24N4/c1-17(15-6-4-3-5-7-15)14-21(13-11-18-17)12-9-16-8-10-19-20(16)2/h3-8,10,18H,9,11-14H2,1-2H3. The van der Waals surface area contributed by atoms with E-state index in [1.807, 2.05) is 17.9 Å². The number of aromatic nitrogens is 2. The van der Waals surface area contributed by atoms with Crippen LogP contribution in [0.25, 0.3) is 0 Å². The Bertz CT molecular complexity index is 577. The first kappa shape index (κ1) is 14.3. The zero-order chi connectivity index (χ0) is 14.7. The fourth-order valence-electron chi connectivity index (χ4n) is 3.18. The normalized spacial score (nSPS) is 23.3. The van der Waals surface area contributed by atoms with Crippen molar-refractivity contribution in [2.24, 2.45) is 7.05 Å². The van der Waals surface area contributed by atoms with Gasteiger partial charge in [0, 0.05) is 51.5 Å². The van der Waals surface area contributed by atoms with E-state index in [-0.39, 0.29) is 5.54 Å². The highest BCUT2D eigenvalue weighted by atomic mass is 15.3. The lowest BCUT2D eigenvalue weighted by Gasteiger charge is -2.42. The molecule has 1 atom stereocenters. The van der Waals surface area contributed by atoms with E-state index in [0.717, 1.165) is 32.6 Å². The molecule has 0 aliphatic carbocycles. The van der Waals surface area contributed by atoms with Gasteiger partial charge in [0.2, 0.25) is 0 Å². The average Bonchev–Trinajstić information content (AvgIpc) is 2.92. The molecule has 1 aromatic carbocycles. The molecule has 1 saturated heterocycles. The lowest BCUT2D eigenvalue weighted by Crippen LogP contribution is -2.56. The topological polar surface area (TPSA) is 33.1 Å². The van der Waals surface area contributed by atoms with E-state index in [1.165, 1.54) is 11.3 Å². The number of nitrogens with one attached hydrogen (secondary N) is 1. The first-order chi connectivity index (χ1) is 10.2. The monoisotopic (exact) mass is 284 g/mol. The molecule has 2 heterocycles. The zero-order valence-corrected chi connectivity index (χ0v) is 12.9. The second kappa shape index (κ2) is 6.00. The van der Waals surface area contributed by atoms with Crippen LogP contribution < -0.4 is 5.32 Å². The van der Waals surface area contributed by atoms with E-state index in [2.05, 4.69) is 58.6 Å². The first-order valence-electron chi connectivity index (χ1n) is 7.67. The molecule has 4 heteroatoms. The summed E-state index contributed by atoms with van der Waals surface area (Å²) in [4.78, 5) is 2.55. The van der Waals surface area contributed by atoms with Gasteiger partial charge in [0.15, 0.2) is 0 Å².